The lowest BCUT2D eigenvalue weighted by molar-refractivity contribution is -0.138. The SMILES string of the molecule is CC(C)C1CC(=O)N(CC(=O)N2CCCNCC2)C1. The average Bonchev–Trinajstić information content (AvgIpc) is 2.60. The summed E-state index contributed by atoms with van der Waals surface area (Å²) in [6.45, 7) is 8.69. The van der Waals surface area contributed by atoms with Gasteiger partial charge >= 0.3 is 0 Å². The molecule has 0 radical (unpaired) electrons. The zero-order valence-corrected chi connectivity index (χ0v) is 12.0. The maximum atomic E-state index is 12.2. The molecule has 2 rings (SSSR count). The fourth-order valence-electron chi connectivity index (χ4n) is 2.76. The quantitative estimate of drug-likeness (QED) is 0.801. The van der Waals surface area contributed by atoms with Crippen molar-refractivity contribution in [3.05, 3.63) is 0 Å². The van der Waals surface area contributed by atoms with E-state index in [0.717, 1.165) is 39.1 Å². The summed E-state index contributed by atoms with van der Waals surface area (Å²) in [5.74, 6) is 1.15. The Bertz CT molecular complexity index is 336. The molecule has 2 heterocycles. The normalized spacial score (nSPS) is 25.0. The van der Waals surface area contributed by atoms with Gasteiger partial charge in [0.05, 0.1) is 6.54 Å². The molecule has 0 aromatic heterocycles. The van der Waals surface area contributed by atoms with E-state index >= 15 is 0 Å². The van der Waals surface area contributed by atoms with Crippen LogP contribution >= 0.6 is 0 Å². The van der Waals surface area contributed by atoms with Gasteiger partial charge in [0.2, 0.25) is 11.8 Å². The Morgan fingerprint density at radius 2 is 2.16 bits per heavy atom. The maximum absolute atomic E-state index is 12.2. The van der Waals surface area contributed by atoms with Gasteiger partial charge in [0.1, 0.15) is 0 Å². The summed E-state index contributed by atoms with van der Waals surface area (Å²) in [7, 11) is 0. The van der Waals surface area contributed by atoms with Gasteiger partial charge in [0, 0.05) is 32.6 Å². The van der Waals surface area contributed by atoms with Gasteiger partial charge in [-0.1, -0.05) is 13.8 Å². The van der Waals surface area contributed by atoms with Crippen LogP contribution in [-0.2, 0) is 9.59 Å². The third-order valence-electron chi connectivity index (χ3n) is 4.21. The lowest BCUT2D eigenvalue weighted by Gasteiger charge is -2.24. The number of rotatable bonds is 3. The number of hydrogen-bond donors (Lipinski definition) is 1. The van der Waals surface area contributed by atoms with Gasteiger partial charge in [0.25, 0.3) is 0 Å². The van der Waals surface area contributed by atoms with E-state index in [4.69, 9.17) is 0 Å². The second-order valence-electron chi connectivity index (χ2n) is 5.97. The van der Waals surface area contributed by atoms with Crippen LogP contribution in [0.1, 0.15) is 26.7 Å². The highest BCUT2D eigenvalue weighted by atomic mass is 16.2. The molecular weight excluding hydrogens is 242 g/mol. The number of carbonyl (C=O) groups is 2. The van der Waals surface area contributed by atoms with E-state index in [1.807, 2.05) is 4.90 Å². The topological polar surface area (TPSA) is 52.7 Å². The van der Waals surface area contributed by atoms with Crippen LogP contribution in [0, 0.1) is 11.8 Å². The summed E-state index contributed by atoms with van der Waals surface area (Å²) in [6, 6.07) is 0. The Hall–Kier alpha value is -1.10. The van der Waals surface area contributed by atoms with Crippen LogP contribution in [-0.4, -0.2) is 60.9 Å². The van der Waals surface area contributed by atoms with E-state index in [1.54, 1.807) is 4.90 Å². The van der Waals surface area contributed by atoms with E-state index in [-0.39, 0.29) is 18.4 Å². The van der Waals surface area contributed by atoms with Gasteiger partial charge in [-0.05, 0) is 24.8 Å². The molecule has 0 saturated carbocycles. The summed E-state index contributed by atoms with van der Waals surface area (Å²) in [5, 5.41) is 3.28. The third-order valence-corrected chi connectivity index (χ3v) is 4.21. The first-order valence-corrected chi connectivity index (χ1v) is 7.34. The van der Waals surface area contributed by atoms with Crippen molar-refractivity contribution in [1.29, 1.82) is 0 Å². The highest BCUT2D eigenvalue weighted by molar-refractivity contribution is 5.86. The number of nitrogens with one attached hydrogen (secondary N) is 1. The number of likely N-dealkylation sites (tertiary alicyclic amines) is 1. The fourth-order valence-corrected chi connectivity index (χ4v) is 2.76. The number of amides is 2. The van der Waals surface area contributed by atoms with Crippen LogP contribution in [0.4, 0.5) is 0 Å². The van der Waals surface area contributed by atoms with Gasteiger partial charge in [0.15, 0.2) is 0 Å². The molecule has 1 unspecified atom stereocenters. The summed E-state index contributed by atoms with van der Waals surface area (Å²) >= 11 is 0. The molecule has 5 heteroatoms. The lowest BCUT2D eigenvalue weighted by Crippen LogP contribution is -2.42. The van der Waals surface area contributed by atoms with Crippen molar-refractivity contribution in [1.82, 2.24) is 15.1 Å². The van der Waals surface area contributed by atoms with Gasteiger partial charge in [-0.25, -0.2) is 0 Å². The molecule has 0 aromatic carbocycles. The summed E-state index contributed by atoms with van der Waals surface area (Å²) in [6.07, 6.45) is 1.60. The van der Waals surface area contributed by atoms with Crippen LogP contribution in [0.3, 0.4) is 0 Å². The molecule has 108 valence electrons. The van der Waals surface area contributed by atoms with Crippen LogP contribution in [0.5, 0.6) is 0 Å². The Kier molecular flexibility index (Phi) is 4.80. The summed E-state index contributed by atoms with van der Waals surface area (Å²) in [4.78, 5) is 27.8. The first-order chi connectivity index (χ1) is 9.08. The molecule has 0 aliphatic carbocycles. The van der Waals surface area contributed by atoms with E-state index in [0.29, 0.717) is 18.3 Å². The largest absolute Gasteiger partial charge is 0.340 e. The molecule has 0 bridgehead atoms. The Morgan fingerprint density at radius 3 is 2.84 bits per heavy atom. The van der Waals surface area contributed by atoms with Gasteiger partial charge in [-0.2, -0.15) is 0 Å². The van der Waals surface area contributed by atoms with Crippen LogP contribution in [0.15, 0.2) is 0 Å². The average molecular weight is 267 g/mol. The van der Waals surface area contributed by atoms with Gasteiger partial charge in [-0.3, -0.25) is 9.59 Å². The van der Waals surface area contributed by atoms with E-state index in [1.165, 1.54) is 0 Å². The van der Waals surface area contributed by atoms with Crippen molar-refractivity contribution in [2.24, 2.45) is 11.8 Å². The van der Waals surface area contributed by atoms with Crippen molar-refractivity contribution >= 4 is 11.8 Å². The molecular formula is C14H25N3O2. The lowest BCUT2D eigenvalue weighted by atomic mass is 9.95. The van der Waals surface area contributed by atoms with Gasteiger partial charge in [-0.15, -0.1) is 0 Å². The second kappa shape index (κ2) is 6.37. The second-order valence-corrected chi connectivity index (χ2v) is 5.97. The van der Waals surface area contributed by atoms with Gasteiger partial charge < -0.3 is 15.1 Å². The zero-order chi connectivity index (χ0) is 13.8. The van der Waals surface area contributed by atoms with Crippen LogP contribution < -0.4 is 5.32 Å². The third kappa shape index (κ3) is 3.69. The molecule has 1 N–H and O–H groups in total. The van der Waals surface area contributed by atoms with E-state index < -0.39 is 0 Å². The number of nitrogens with zero attached hydrogens (tertiary/aromatic N) is 2. The number of hydrogen-bond acceptors (Lipinski definition) is 3. The first-order valence-electron chi connectivity index (χ1n) is 7.34. The Morgan fingerprint density at radius 1 is 1.37 bits per heavy atom. The molecule has 2 aliphatic heterocycles. The molecule has 5 nitrogen and oxygen atoms in total. The molecule has 19 heavy (non-hydrogen) atoms. The minimum absolute atomic E-state index is 0.0986. The minimum atomic E-state index is 0.0986. The highest BCUT2D eigenvalue weighted by Crippen LogP contribution is 2.24. The predicted octanol–water partition coefficient (Wildman–Crippen LogP) is 0.313. The minimum Gasteiger partial charge on any atom is -0.340 e. The molecule has 1 atom stereocenters. The molecule has 0 aromatic rings. The Labute approximate surface area is 115 Å². The summed E-state index contributed by atoms with van der Waals surface area (Å²) < 4.78 is 0. The molecule has 2 amide bonds. The van der Waals surface area contributed by atoms with Crippen molar-refractivity contribution in [3.8, 4) is 0 Å². The smallest absolute Gasteiger partial charge is 0.242 e. The van der Waals surface area contributed by atoms with Crippen LogP contribution in [0.2, 0.25) is 0 Å². The summed E-state index contributed by atoms with van der Waals surface area (Å²) in [5.41, 5.74) is 0. The van der Waals surface area contributed by atoms with Crippen molar-refractivity contribution in [2.75, 3.05) is 39.3 Å². The maximum Gasteiger partial charge on any atom is 0.242 e. The molecule has 0 spiro atoms. The van der Waals surface area contributed by atoms with Crippen molar-refractivity contribution < 1.29 is 9.59 Å². The number of carbonyl (C=O) groups excluding carboxylic acids is 2. The predicted molar refractivity (Wildman–Crippen MR) is 73.6 cm³/mol. The van der Waals surface area contributed by atoms with Crippen LogP contribution in [0.25, 0.3) is 0 Å². The fraction of sp³-hybridized carbons (Fsp3) is 0.857. The monoisotopic (exact) mass is 267 g/mol. The standard InChI is InChI=1S/C14H25N3O2/c1-11(2)12-8-13(18)17(9-12)10-14(19)16-6-3-4-15-5-7-16/h11-12,15H,3-10H2,1-2H3. The van der Waals surface area contributed by atoms with E-state index in [2.05, 4.69) is 19.2 Å². The molecule has 2 aliphatic rings. The van der Waals surface area contributed by atoms with Crippen molar-refractivity contribution in [2.45, 2.75) is 26.7 Å². The van der Waals surface area contributed by atoms with E-state index in [9.17, 15) is 9.59 Å². The first kappa shape index (κ1) is 14.3. The highest BCUT2D eigenvalue weighted by Gasteiger charge is 2.33. The Balaban J connectivity index is 1.86. The zero-order valence-electron chi connectivity index (χ0n) is 12.0. The molecule has 2 saturated heterocycles. The van der Waals surface area contributed by atoms with Crippen molar-refractivity contribution in [3.63, 3.8) is 0 Å². The molecule has 2 fully saturated rings.